The van der Waals surface area contributed by atoms with Crippen molar-refractivity contribution < 1.29 is 36.2 Å². The molecule has 3 heterocycles. The molecule has 0 spiro atoms. The van der Waals surface area contributed by atoms with E-state index in [1.807, 2.05) is 6.07 Å². The lowest BCUT2D eigenvalue weighted by molar-refractivity contribution is -0.123. The average Bonchev–Trinajstić information content (AvgIpc) is 3.60. The maximum absolute atomic E-state index is 15.3. The maximum Gasteiger partial charge on any atom is 0.293 e. The second-order valence-corrected chi connectivity index (χ2v) is 13.6. The van der Waals surface area contributed by atoms with Crippen LogP contribution in [0.25, 0.3) is 22.0 Å². The van der Waals surface area contributed by atoms with Gasteiger partial charge in [0.25, 0.3) is 12.3 Å². The lowest BCUT2D eigenvalue weighted by Crippen LogP contribution is -2.35. The first kappa shape index (κ1) is 35.1. The topological polar surface area (TPSA) is 110 Å². The molecule has 0 radical (unpaired) electrons. The molecule has 15 heteroatoms. The molecule has 1 saturated carbocycles. The molecule has 7 rings (SSSR count). The molecule has 5 aromatic rings. The highest BCUT2D eigenvalue weighted by atomic mass is 19.3. The number of pyridine rings is 1. The number of fused-ring (bicyclic) bond motifs is 4. The number of carbonyl (C=O) groups is 1. The molecule has 3 N–H and O–H groups in total. The third kappa shape index (κ3) is 6.36. The van der Waals surface area contributed by atoms with Gasteiger partial charge in [0.15, 0.2) is 5.82 Å². The molecule has 3 aromatic heterocycles. The summed E-state index contributed by atoms with van der Waals surface area (Å²) in [5.74, 6) is -1.86. The zero-order chi connectivity index (χ0) is 37.3. The van der Waals surface area contributed by atoms with Crippen molar-refractivity contribution in [2.45, 2.75) is 63.1 Å². The Morgan fingerprint density at radius 2 is 1.81 bits per heavy atom. The first-order valence-electron chi connectivity index (χ1n) is 16.5. The van der Waals surface area contributed by atoms with Crippen molar-refractivity contribution in [1.29, 1.82) is 0 Å². The molecule has 52 heavy (non-hydrogen) atoms. The molecule has 1 amide bonds. The molecule has 0 saturated heterocycles. The van der Waals surface area contributed by atoms with E-state index in [2.05, 4.69) is 32.7 Å². The van der Waals surface area contributed by atoms with Crippen molar-refractivity contribution in [3.8, 4) is 23.0 Å². The van der Waals surface area contributed by atoms with Gasteiger partial charge in [-0.15, -0.1) is 0 Å². The van der Waals surface area contributed by atoms with Gasteiger partial charge in [0.1, 0.15) is 40.9 Å². The fourth-order valence-corrected chi connectivity index (χ4v) is 7.13. The van der Waals surface area contributed by atoms with Crippen LogP contribution in [0.5, 0.6) is 0 Å². The Hall–Kier alpha value is -5.36. The van der Waals surface area contributed by atoms with E-state index < -0.39 is 71.3 Å². The second-order valence-electron chi connectivity index (χ2n) is 13.6. The minimum absolute atomic E-state index is 0.0598. The molecule has 0 aliphatic heterocycles. The molecule has 3 atom stereocenters. The molecule has 9 nitrogen and oxygen atoms in total. The largest absolute Gasteiger partial charge is 0.378 e. The molecule has 0 bridgehead atoms. The van der Waals surface area contributed by atoms with E-state index in [1.165, 1.54) is 13.8 Å². The van der Waals surface area contributed by atoms with Gasteiger partial charge in [0, 0.05) is 48.2 Å². The van der Waals surface area contributed by atoms with Crippen LogP contribution >= 0.6 is 0 Å². The third-order valence-corrected chi connectivity index (χ3v) is 9.30. The van der Waals surface area contributed by atoms with Gasteiger partial charge in [0.2, 0.25) is 5.91 Å². The highest BCUT2D eigenvalue weighted by Gasteiger charge is 2.67. The summed E-state index contributed by atoms with van der Waals surface area (Å²) >= 11 is 0. The van der Waals surface area contributed by atoms with Gasteiger partial charge in [-0.1, -0.05) is 18.1 Å². The summed E-state index contributed by atoms with van der Waals surface area (Å²) in [5, 5.41) is 25.2. The predicted molar refractivity (Wildman–Crippen MR) is 180 cm³/mol. The number of hydrogen-bond donors (Lipinski definition) is 3. The highest BCUT2D eigenvalue weighted by molar-refractivity contribution is 6.00. The zero-order valence-corrected chi connectivity index (χ0v) is 28.4. The number of benzene rings is 2. The molecule has 2 aliphatic carbocycles. The van der Waals surface area contributed by atoms with E-state index >= 15 is 8.78 Å². The van der Waals surface area contributed by atoms with Crippen molar-refractivity contribution in [2.24, 2.45) is 13.0 Å². The highest BCUT2D eigenvalue weighted by Crippen LogP contribution is 2.68. The van der Waals surface area contributed by atoms with Gasteiger partial charge < -0.3 is 15.7 Å². The maximum atomic E-state index is 15.3. The van der Waals surface area contributed by atoms with Gasteiger partial charge in [-0.2, -0.15) is 19.0 Å². The van der Waals surface area contributed by atoms with Crippen LogP contribution < -0.4 is 10.6 Å². The number of alkyl halides is 4. The molecular formula is C37H33F6N7O2. The predicted octanol–water partition coefficient (Wildman–Crippen LogP) is 6.52. The van der Waals surface area contributed by atoms with Gasteiger partial charge in [0.05, 0.1) is 17.3 Å². The first-order chi connectivity index (χ1) is 24.5. The summed E-state index contributed by atoms with van der Waals surface area (Å²) in [6.07, 6.45) is -3.29. The third-order valence-electron chi connectivity index (χ3n) is 9.30. The van der Waals surface area contributed by atoms with Crippen LogP contribution in [-0.2, 0) is 30.7 Å². The lowest BCUT2D eigenvalue weighted by atomic mass is 9.93. The smallest absolute Gasteiger partial charge is 0.293 e. The number of nitrogens with one attached hydrogen (secondary N) is 2. The number of aliphatic hydroxyl groups is 1. The molecule has 270 valence electrons. The zero-order valence-electron chi connectivity index (χ0n) is 28.4. The van der Waals surface area contributed by atoms with Crippen molar-refractivity contribution in [2.75, 3.05) is 12.4 Å². The minimum Gasteiger partial charge on any atom is -0.378 e. The van der Waals surface area contributed by atoms with Crippen LogP contribution in [0.3, 0.4) is 0 Å². The number of amides is 1. The Labute approximate surface area is 294 Å². The number of para-hydroxylation sites is 1. The van der Waals surface area contributed by atoms with Crippen LogP contribution in [0.2, 0.25) is 0 Å². The summed E-state index contributed by atoms with van der Waals surface area (Å²) in [6.45, 7) is 2.13. The summed E-state index contributed by atoms with van der Waals surface area (Å²) in [4.78, 5) is 18.6. The Morgan fingerprint density at radius 1 is 1.08 bits per heavy atom. The standard InChI is InChI=1S/C37H33F6N7O2/c1-36(2,52)11-10-21-8-9-22(23-6-5-7-24-32(23)49(4)48-35(24)44-3)30(45-21)27(14-18-12-19(38)15-20(39)13-18)46-28(51)17-50-33-29(31(47-50)34(40)41)25-16-26(25)37(33,42)43/h5-9,12-13,15,25-27,34,52H,14,16-17H2,1-4H3,(H,44,48)(H,46,51)/t25?,26-,27+/m1/s1. The van der Waals surface area contributed by atoms with Gasteiger partial charge in [-0.05, 0) is 74.4 Å². The van der Waals surface area contributed by atoms with E-state index in [9.17, 15) is 27.5 Å². The Bertz CT molecular complexity index is 2280. The second kappa shape index (κ2) is 12.7. The number of carbonyl (C=O) groups excluding carboxylic acids is 1. The Morgan fingerprint density at radius 3 is 2.48 bits per heavy atom. The number of aryl methyl sites for hydroxylation is 1. The van der Waals surface area contributed by atoms with Gasteiger partial charge in [-0.3, -0.25) is 14.2 Å². The quantitative estimate of drug-likeness (QED) is 0.118. The van der Waals surface area contributed by atoms with Crippen LogP contribution in [0, 0.1) is 29.4 Å². The minimum atomic E-state index is -3.45. The summed E-state index contributed by atoms with van der Waals surface area (Å²) in [7, 11) is 3.47. The van der Waals surface area contributed by atoms with E-state index in [0.717, 1.165) is 17.5 Å². The molecule has 1 fully saturated rings. The number of aromatic nitrogens is 5. The number of anilines is 1. The van der Waals surface area contributed by atoms with Crippen molar-refractivity contribution in [3.63, 3.8) is 0 Å². The number of nitrogens with zero attached hydrogens (tertiary/aromatic N) is 5. The molecule has 2 aromatic carbocycles. The molecular weight excluding hydrogens is 688 g/mol. The van der Waals surface area contributed by atoms with Crippen molar-refractivity contribution >= 4 is 22.6 Å². The van der Waals surface area contributed by atoms with Crippen LogP contribution in [-0.4, -0.2) is 48.2 Å². The molecule has 1 unspecified atom stereocenters. The summed E-state index contributed by atoms with van der Waals surface area (Å²) in [6, 6.07) is 10.5. The van der Waals surface area contributed by atoms with E-state index in [0.29, 0.717) is 33.2 Å². The summed E-state index contributed by atoms with van der Waals surface area (Å²) in [5.41, 5.74) is -0.800. The molecule has 2 aliphatic rings. The van der Waals surface area contributed by atoms with Crippen molar-refractivity contribution in [1.82, 2.24) is 29.9 Å². The van der Waals surface area contributed by atoms with Gasteiger partial charge >= 0.3 is 0 Å². The number of halogens is 6. The van der Waals surface area contributed by atoms with E-state index in [4.69, 9.17) is 4.98 Å². The Balaban J connectivity index is 1.36. The van der Waals surface area contributed by atoms with Crippen LogP contribution in [0.1, 0.15) is 72.6 Å². The SMILES string of the molecule is CNc1nn(C)c2c(-c3ccc(C#CC(C)(C)O)nc3[C@H](Cc3cc(F)cc(F)c3)NC(=O)Cn3nc(C(F)F)c4c3C(F)(F)[C@@H]3CC43)cccc12. The van der Waals surface area contributed by atoms with E-state index in [-0.39, 0.29) is 35.4 Å². The van der Waals surface area contributed by atoms with Crippen LogP contribution in [0.4, 0.5) is 32.2 Å². The normalized spacial score (nSPS) is 17.8. The van der Waals surface area contributed by atoms with Gasteiger partial charge in [-0.25, -0.2) is 22.5 Å². The van der Waals surface area contributed by atoms with E-state index in [1.54, 1.807) is 43.0 Å². The first-order valence-corrected chi connectivity index (χ1v) is 16.5. The summed E-state index contributed by atoms with van der Waals surface area (Å²) < 4.78 is 89.8. The lowest BCUT2D eigenvalue weighted by Gasteiger charge is -2.23. The van der Waals surface area contributed by atoms with Crippen molar-refractivity contribution in [3.05, 3.63) is 94.1 Å². The fraction of sp³-hybridized carbons (Fsp3) is 0.351. The fourth-order valence-electron chi connectivity index (χ4n) is 7.13. The Kier molecular flexibility index (Phi) is 8.56. The number of rotatable bonds is 9. The average molecular weight is 722 g/mol. The van der Waals surface area contributed by atoms with Crippen LogP contribution in [0.15, 0.2) is 48.5 Å². The monoisotopic (exact) mass is 721 g/mol. The number of hydrogen-bond acceptors (Lipinski definition) is 6.